The molecule has 1 heterocycles. The van der Waals surface area contributed by atoms with E-state index in [1.807, 2.05) is 0 Å². The highest BCUT2D eigenvalue weighted by atomic mass is 32.2. The van der Waals surface area contributed by atoms with E-state index in [9.17, 15) is 22.7 Å². The molecule has 3 aliphatic rings. The Morgan fingerprint density at radius 1 is 1.26 bits per heavy atom. The molecule has 172 valence electrons. The number of amides is 1. The van der Waals surface area contributed by atoms with Gasteiger partial charge in [-0.05, 0) is 56.6 Å². The van der Waals surface area contributed by atoms with E-state index in [0.717, 1.165) is 57.4 Å². The highest BCUT2D eigenvalue weighted by Crippen LogP contribution is 2.41. The summed E-state index contributed by atoms with van der Waals surface area (Å²) in [7, 11) is -3.77. The number of nitrogens with zero attached hydrogens (tertiary/aromatic N) is 1. The fourth-order valence-electron chi connectivity index (χ4n) is 3.86. The number of carbonyl (C=O) groups is 1. The van der Waals surface area contributed by atoms with Crippen LogP contribution < -0.4 is 14.8 Å². The van der Waals surface area contributed by atoms with Crippen LogP contribution in [0.4, 0.5) is 4.39 Å². The van der Waals surface area contributed by atoms with Crippen LogP contribution in [0, 0.1) is 11.7 Å². The van der Waals surface area contributed by atoms with Crippen LogP contribution >= 0.6 is 0 Å². The SMILES string of the molecule is O=C1CN(CCCCCC2(NS(=O)(=O)c3ccc(F)c(OCC4CC4)c3)CC2)C(O)N1. The molecule has 4 rings (SSSR count). The molecule has 1 aliphatic heterocycles. The van der Waals surface area contributed by atoms with Crippen LogP contribution in [0.15, 0.2) is 23.1 Å². The molecule has 1 aromatic rings. The van der Waals surface area contributed by atoms with Crippen LogP contribution in [0.3, 0.4) is 0 Å². The molecule has 3 fully saturated rings. The number of benzene rings is 1. The number of hydrogen-bond acceptors (Lipinski definition) is 6. The molecule has 0 aromatic heterocycles. The van der Waals surface area contributed by atoms with Crippen molar-refractivity contribution in [3.05, 3.63) is 24.0 Å². The first-order chi connectivity index (χ1) is 14.8. The first-order valence-electron chi connectivity index (χ1n) is 10.9. The smallest absolute Gasteiger partial charge is 0.241 e. The average molecular weight is 456 g/mol. The number of ether oxygens (including phenoxy) is 1. The molecule has 8 nitrogen and oxygen atoms in total. The van der Waals surface area contributed by atoms with Gasteiger partial charge in [0.2, 0.25) is 15.9 Å². The summed E-state index contributed by atoms with van der Waals surface area (Å²) in [5.41, 5.74) is -0.438. The number of unbranched alkanes of at least 4 members (excludes halogenated alkanes) is 2. The molecule has 1 unspecified atom stereocenters. The van der Waals surface area contributed by atoms with Crippen molar-refractivity contribution in [1.82, 2.24) is 14.9 Å². The Hall–Kier alpha value is -1.75. The van der Waals surface area contributed by atoms with Crippen molar-refractivity contribution in [1.29, 1.82) is 0 Å². The summed E-state index contributed by atoms with van der Waals surface area (Å²) in [6.45, 7) is 1.23. The summed E-state index contributed by atoms with van der Waals surface area (Å²) in [6, 6.07) is 3.68. The van der Waals surface area contributed by atoms with Gasteiger partial charge >= 0.3 is 0 Å². The molecule has 1 saturated heterocycles. The second kappa shape index (κ2) is 9.01. The van der Waals surface area contributed by atoms with E-state index in [-0.39, 0.29) is 23.1 Å². The molecular weight excluding hydrogens is 425 g/mol. The number of halogens is 1. The zero-order chi connectivity index (χ0) is 22.1. The lowest BCUT2D eigenvalue weighted by Crippen LogP contribution is -2.37. The van der Waals surface area contributed by atoms with Crippen molar-refractivity contribution < 1.29 is 27.4 Å². The van der Waals surface area contributed by atoms with Gasteiger partial charge in [-0.15, -0.1) is 0 Å². The summed E-state index contributed by atoms with van der Waals surface area (Å²) in [5, 5.41) is 12.1. The minimum Gasteiger partial charge on any atom is -0.490 e. The molecule has 0 bridgehead atoms. The Morgan fingerprint density at radius 2 is 2.03 bits per heavy atom. The normalized spacial score (nSPS) is 23.0. The minimum atomic E-state index is -3.77. The third-order valence-electron chi connectivity index (χ3n) is 6.17. The second-order valence-electron chi connectivity index (χ2n) is 8.95. The maximum absolute atomic E-state index is 14.0. The molecule has 2 saturated carbocycles. The van der Waals surface area contributed by atoms with Crippen molar-refractivity contribution in [3.63, 3.8) is 0 Å². The van der Waals surface area contributed by atoms with E-state index in [2.05, 4.69) is 10.0 Å². The van der Waals surface area contributed by atoms with E-state index < -0.39 is 27.7 Å². The van der Waals surface area contributed by atoms with Gasteiger partial charge in [-0.1, -0.05) is 12.8 Å². The van der Waals surface area contributed by atoms with Crippen molar-refractivity contribution in [2.45, 2.75) is 68.2 Å². The van der Waals surface area contributed by atoms with Gasteiger partial charge in [-0.3, -0.25) is 9.69 Å². The van der Waals surface area contributed by atoms with Crippen LogP contribution in [-0.4, -0.2) is 55.9 Å². The molecule has 31 heavy (non-hydrogen) atoms. The predicted molar refractivity (Wildman–Crippen MR) is 111 cm³/mol. The molecule has 2 aliphatic carbocycles. The summed E-state index contributed by atoms with van der Waals surface area (Å²) in [5.74, 6) is -0.309. The minimum absolute atomic E-state index is 0.0170. The first-order valence-corrected chi connectivity index (χ1v) is 12.4. The van der Waals surface area contributed by atoms with Gasteiger partial charge in [0.15, 0.2) is 17.9 Å². The Kier molecular flexibility index (Phi) is 6.52. The molecule has 0 spiro atoms. The standard InChI is InChI=1S/C21H30FN3O5S/c22-17-7-6-16(12-18(17)30-14-15-4-5-15)31(28,29)24-21(9-10-21)8-2-1-3-11-25-13-19(26)23-20(25)27/h6-7,12,15,20,24,27H,1-5,8-11,13-14H2,(H,23,26). The lowest BCUT2D eigenvalue weighted by atomic mass is 10.1. The van der Waals surface area contributed by atoms with Crippen molar-refractivity contribution in [3.8, 4) is 5.75 Å². The molecular formula is C21H30FN3O5S. The van der Waals surface area contributed by atoms with Crippen LogP contribution in [0.5, 0.6) is 5.75 Å². The quantitative estimate of drug-likeness (QED) is 0.414. The van der Waals surface area contributed by atoms with Crippen molar-refractivity contribution >= 4 is 15.9 Å². The number of aliphatic hydroxyl groups is 1. The van der Waals surface area contributed by atoms with Crippen LogP contribution in [0.25, 0.3) is 0 Å². The average Bonchev–Trinajstić information content (AvgIpc) is 3.63. The van der Waals surface area contributed by atoms with Gasteiger partial charge in [-0.2, -0.15) is 0 Å². The monoisotopic (exact) mass is 455 g/mol. The summed E-state index contributed by atoms with van der Waals surface area (Å²) < 4.78 is 48.0. The van der Waals surface area contributed by atoms with E-state index in [4.69, 9.17) is 4.74 Å². The van der Waals surface area contributed by atoms with Crippen LogP contribution in [0.2, 0.25) is 0 Å². The summed E-state index contributed by atoms with van der Waals surface area (Å²) in [6.07, 6.45) is 6.02. The highest BCUT2D eigenvalue weighted by molar-refractivity contribution is 7.89. The van der Waals surface area contributed by atoms with Gasteiger partial charge in [0, 0.05) is 18.2 Å². The Balaban J connectivity index is 1.25. The highest BCUT2D eigenvalue weighted by Gasteiger charge is 2.45. The van der Waals surface area contributed by atoms with Crippen molar-refractivity contribution in [2.75, 3.05) is 19.7 Å². The Bertz CT molecular complexity index is 918. The molecule has 3 N–H and O–H groups in total. The van der Waals surface area contributed by atoms with Gasteiger partial charge in [-0.25, -0.2) is 17.5 Å². The Labute approximate surface area is 182 Å². The molecule has 0 radical (unpaired) electrons. The topological polar surface area (TPSA) is 108 Å². The maximum Gasteiger partial charge on any atom is 0.241 e. The largest absolute Gasteiger partial charge is 0.490 e. The summed E-state index contributed by atoms with van der Waals surface area (Å²) >= 11 is 0. The van der Waals surface area contributed by atoms with Crippen LogP contribution in [0.1, 0.15) is 51.4 Å². The first kappa shape index (κ1) is 22.4. The van der Waals surface area contributed by atoms with E-state index in [1.165, 1.54) is 12.1 Å². The summed E-state index contributed by atoms with van der Waals surface area (Å²) in [4.78, 5) is 12.9. The van der Waals surface area contributed by atoms with E-state index in [0.29, 0.717) is 19.1 Å². The third kappa shape index (κ3) is 5.94. The zero-order valence-electron chi connectivity index (χ0n) is 17.5. The fourth-order valence-corrected chi connectivity index (χ4v) is 5.36. The number of sulfonamides is 1. The van der Waals surface area contributed by atoms with E-state index >= 15 is 0 Å². The molecule has 1 aromatic carbocycles. The third-order valence-corrected chi connectivity index (χ3v) is 7.75. The molecule has 1 atom stereocenters. The van der Waals surface area contributed by atoms with Gasteiger partial charge < -0.3 is 15.2 Å². The number of hydrogen-bond donors (Lipinski definition) is 3. The van der Waals surface area contributed by atoms with Gasteiger partial charge in [0.25, 0.3) is 0 Å². The molecule has 1 amide bonds. The fraction of sp³-hybridized carbons (Fsp3) is 0.667. The number of carbonyl (C=O) groups excluding carboxylic acids is 1. The number of aliphatic hydroxyl groups excluding tert-OH is 1. The zero-order valence-corrected chi connectivity index (χ0v) is 18.3. The van der Waals surface area contributed by atoms with Gasteiger partial charge in [0.05, 0.1) is 18.0 Å². The van der Waals surface area contributed by atoms with Gasteiger partial charge in [0.1, 0.15) is 0 Å². The number of nitrogens with one attached hydrogen (secondary N) is 2. The van der Waals surface area contributed by atoms with Crippen molar-refractivity contribution in [2.24, 2.45) is 5.92 Å². The maximum atomic E-state index is 14.0. The lowest BCUT2D eigenvalue weighted by molar-refractivity contribution is -0.119. The van der Waals surface area contributed by atoms with E-state index in [1.54, 1.807) is 4.90 Å². The second-order valence-corrected chi connectivity index (χ2v) is 10.6. The Morgan fingerprint density at radius 3 is 2.68 bits per heavy atom. The van der Waals surface area contributed by atoms with Crippen LogP contribution in [-0.2, 0) is 14.8 Å². The predicted octanol–water partition coefficient (Wildman–Crippen LogP) is 1.69. The number of rotatable bonds is 12. The molecule has 10 heteroatoms. The lowest BCUT2D eigenvalue weighted by Gasteiger charge is -2.19.